The average Bonchev–Trinajstić information content (AvgIpc) is 2.82. The second-order valence-electron chi connectivity index (χ2n) is 4.56. The lowest BCUT2D eigenvalue weighted by Gasteiger charge is -2.07. The van der Waals surface area contributed by atoms with Gasteiger partial charge in [0.15, 0.2) is 17.3 Å². The Morgan fingerprint density at radius 3 is 2.76 bits per heavy atom. The third kappa shape index (κ3) is 2.42. The molecule has 2 aromatic heterocycles. The minimum Gasteiger partial charge on any atom is -0.480 e. The number of nitrogens with one attached hydrogen (secondary N) is 1. The lowest BCUT2D eigenvalue weighted by Crippen LogP contribution is -2.03. The van der Waals surface area contributed by atoms with Crippen molar-refractivity contribution in [2.45, 2.75) is 13.3 Å². The number of imidazole rings is 1. The molecule has 0 spiro atoms. The fraction of sp³-hybridized carbons (Fsp3) is 0.214. The highest BCUT2D eigenvalue weighted by Gasteiger charge is 2.15. The van der Waals surface area contributed by atoms with Gasteiger partial charge in [0.2, 0.25) is 11.5 Å². The van der Waals surface area contributed by atoms with Gasteiger partial charge in [-0.3, -0.25) is 0 Å². The number of hydrogen-bond acceptors (Lipinski definition) is 4. The number of hydrogen-bond donors (Lipinski definition) is 1. The van der Waals surface area contributed by atoms with Gasteiger partial charge in [0.05, 0.1) is 7.11 Å². The van der Waals surface area contributed by atoms with Crippen molar-refractivity contribution in [2.24, 2.45) is 0 Å². The Bertz CT molecular complexity index is 816. The molecule has 0 fully saturated rings. The van der Waals surface area contributed by atoms with E-state index in [1.54, 1.807) is 6.92 Å². The smallest absolute Gasteiger partial charge is 0.237 e. The number of aromatic amines is 1. The standard InChI is InChI=1S/C14H12F2N4O/c1-7-17-12-13(18-7)20-14(21-2)10(19-12)6-8-4-3-5-9(15)11(8)16/h3-5H,6H2,1-2H3,(H,17,18,19,20). The van der Waals surface area contributed by atoms with Crippen molar-refractivity contribution >= 4 is 11.3 Å². The maximum Gasteiger partial charge on any atom is 0.237 e. The molecule has 3 rings (SSSR count). The lowest BCUT2D eigenvalue weighted by atomic mass is 10.1. The van der Waals surface area contributed by atoms with Crippen LogP contribution in [0.5, 0.6) is 5.88 Å². The van der Waals surface area contributed by atoms with Gasteiger partial charge in [0.1, 0.15) is 11.5 Å². The molecule has 21 heavy (non-hydrogen) atoms. The number of nitrogens with zero attached hydrogens (tertiary/aromatic N) is 3. The van der Waals surface area contributed by atoms with Crippen LogP contribution in [0.1, 0.15) is 17.1 Å². The Kier molecular flexibility index (Phi) is 3.25. The van der Waals surface area contributed by atoms with Crippen LogP contribution in [0.3, 0.4) is 0 Å². The van der Waals surface area contributed by atoms with Crippen LogP contribution >= 0.6 is 0 Å². The molecule has 5 nitrogen and oxygen atoms in total. The van der Waals surface area contributed by atoms with Gasteiger partial charge in [-0.25, -0.2) is 18.7 Å². The Labute approximate surface area is 119 Å². The third-order valence-electron chi connectivity index (χ3n) is 3.07. The third-order valence-corrected chi connectivity index (χ3v) is 3.07. The molecular weight excluding hydrogens is 278 g/mol. The fourth-order valence-electron chi connectivity index (χ4n) is 2.11. The van der Waals surface area contributed by atoms with Gasteiger partial charge in [0.25, 0.3) is 0 Å². The summed E-state index contributed by atoms with van der Waals surface area (Å²) in [5.74, 6) is -0.862. The van der Waals surface area contributed by atoms with Gasteiger partial charge in [0, 0.05) is 6.42 Å². The van der Waals surface area contributed by atoms with Gasteiger partial charge in [-0.15, -0.1) is 0 Å². The topological polar surface area (TPSA) is 63.7 Å². The predicted octanol–water partition coefficient (Wildman–Crippen LogP) is 2.54. The Hall–Kier alpha value is -2.57. The first-order valence-electron chi connectivity index (χ1n) is 6.28. The van der Waals surface area contributed by atoms with Crippen LogP contribution in [0.25, 0.3) is 11.3 Å². The maximum absolute atomic E-state index is 13.8. The quantitative estimate of drug-likeness (QED) is 0.805. The van der Waals surface area contributed by atoms with Crippen molar-refractivity contribution in [1.29, 1.82) is 0 Å². The summed E-state index contributed by atoms with van der Waals surface area (Å²) in [4.78, 5) is 15.7. The molecule has 7 heteroatoms. The van der Waals surface area contributed by atoms with Crippen molar-refractivity contribution in [2.75, 3.05) is 7.11 Å². The van der Waals surface area contributed by atoms with Crippen LogP contribution in [-0.4, -0.2) is 27.0 Å². The highest BCUT2D eigenvalue weighted by molar-refractivity contribution is 5.66. The van der Waals surface area contributed by atoms with Crippen molar-refractivity contribution in [3.8, 4) is 5.88 Å². The number of benzene rings is 1. The molecule has 0 bridgehead atoms. The van der Waals surface area contributed by atoms with Crippen LogP contribution in [0.2, 0.25) is 0 Å². The number of H-pyrrole nitrogens is 1. The summed E-state index contributed by atoms with van der Waals surface area (Å²) < 4.78 is 32.2. The van der Waals surface area contributed by atoms with Crippen molar-refractivity contribution < 1.29 is 13.5 Å². The maximum atomic E-state index is 13.8. The van der Waals surface area contributed by atoms with Gasteiger partial charge in [-0.1, -0.05) is 12.1 Å². The summed E-state index contributed by atoms with van der Waals surface area (Å²) in [6.07, 6.45) is 0.0772. The van der Waals surface area contributed by atoms with Crippen molar-refractivity contribution in [1.82, 2.24) is 19.9 Å². The van der Waals surface area contributed by atoms with Gasteiger partial charge >= 0.3 is 0 Å². The first-order valence-corrected chi connectivity index (χ1v) is 6.28. The van der Waals surface area contributed by atoms with Crippen LogP contribution < -0.4 is 4.74 Å². The highest BCUT2D eigenvalue weighted by atomic mass is 19.2. The molecule has 1 N–H and O–H groups in total. The molecule has 108 valence electrons. The number of rotatable bonds is 3. The molecular formula is C14H12F2N4O. The number of ether oxygens (including phenoxy) is 1. The van der Waals surface area contributed by atoms with E-state index < -0.39 is 11.6 Å². The summed E-state index contributed by atoms with van der Waals surface area (Å²) in [6, 6.07) is 4.03. The molecule has 0 radical (unpaired) electrons. The van der Waals surface area contributed by atoms with E-state index in [0.29, 0.717) is 22.8 Å². The van der Waals surface area contributed by atoms with Crippen LogP contribution in [0.15, 0.2) is 18.2 Å². The van der Waals surface area contributed by atoms with Crippen molar-refractivity contribution in [3.05, 3.63) is 46.9 Å². The van der Waals surface area contributed by atoms with E-state index in [2.05, 4.69) is 19.9 Å². The highest BCUT2D eigenvalue weighted by Crippen LogP contribution is 2.22. The molecule has 1 aromatic carbocycles. The number of fused-ring (bicyclic) bond motifs is 1. The zero-order valence-corrected chi connectivity index (χ0v) is 11.4. The zero-order valence-electron chi connectivity index (χ0n) is 11.4. The average molecular weight is 290 g/mol. The molecule has 0 aliphatic heterocycles. The number of halogens is 2. The van der Waals surface area contributed by atoms with E-state index >= 15 is 0 Å². The molecule has 0 atom stereocenters. The number of methoxy groups -OCH3 is 1. The van der Waals surface area contributed by atoms with E-state index in [9.17, 15) is 8.78 Å². The molecule has 3 aromatic rings. The molecule has 2 heterocycles. The van der Waals surface area contributed by atoms with Gasteiger partial charge < -0.3 is 9.72 Å². The monoisotopic (exact) mass is 290 g/mol. The lowest BCUT2D eigenvalue weighted by molar-refractivity contribution is 0.392. The number of aryl methyl sites for hydroxylation is 1. The predicted molar refractivity (Wildman–Crippen MR) is 72.1 cm³/mol. The molecule has 0 amide bonds. The van der Waals surface area contributed by atoms with Crippen LogP contribution in [0.4, 0.5) is 8.78 Å². The Morgan fingerprint density at radius 2 is 2.00 bits per heavy atom. The summed E-state index contributed by atoms with van der Waals surface area (Å²) in [6.45, 7) is 1.78. The van der Waals surface area contributed by atoms with E-state index in [-0.39, 0.29) is 17.9 Å². The van der Waals surface area contributed by atoms with E-state index in [1.807, 2.05) is 0 Å². The van der Waals surface area contributed by atoms with Crippen molar-refractivity contribution in [3.63, 3.8) is 0 Å². The second kappa shape index (κ2) is 5.08. The first-order chi connectivity index (χ1) is 10.1. The summed E-state index contributed by atoms with van der Waals surface area (Å²) in [5.41, 5.74) is 1.52. The van der Waals surface area contributed by atoms with Gasteiger partial charge in [-0.05, 0) is 18.6 Å². The summed E-state index contributed by atoms with van der Waals surface area (Å²) in [7, 11) is 1.45. The molecule has 0 saturated carbocycles. The Balaban J connectivity index is 2.08. The molecule has 0 saturated heterocycles. The summed E-state index contributed by atoms with van der Waals surface area (Å²) >= 11 is 0. The van der Waals surface area contributed by atoms with E-state index in [1.165, 1.54) is 19.2 Å². The minimum atomic E-state index is -0.891. The van der Waals surface area contributed by atoms with E-state index in [0.717, 1.165) is 6.07 Å². The molecule has 0 aliphatic carbocycles. The Morgan fingerprint density at radius 1 is 1.19 bits per heavy atom. The van der Waals surface area contributed by atoms with Crippen LogP contribution in [-0.2, 0) is 6.42 Å². The SMILES string of the molecule is COc1nc2nc(C)[nH]c2nc1Cc1cccc(F)c1F. The van der Waals surface area contributed by atoms with Crippen LogP contribution in [0, 0.1) is 18.6 Å². The fourth-order valence-corrected chi connectivity index (χ4v) is 2.11. The second-order valence-corrected chi connectivity index (χ2v) is 4.56. The molecule has 0 aliphatic rings. The number of aromatic nitrogens is 4. The normalized spacial score (nSPS) is 11.0. The zero-order chi connectivity index (χ0) is 15.0. The first kappa shape index (κ1) is 13.4. The van der Waals surface area contributed by atoms with E-state index in [4.69, 9.17) is 4.74 Å². The minimum absolute atomic E-state index is 0.0772. The molecule has 0 unspecified atom stereocenters. The van der Waals surface area contributed by atoms with Gasteiger partial charge in [-0.2, -0.15) is 4.98 Å². The summed E-state index contributed by atoms with van der Waals surface area (Å²) in [5, 5.41) is 0. The largest absolute Gasteiger partial charge is 0.480 e.